The quantitative estimate of drug-likeness (QED) is 0.829. The maximum absolute atomic E-state index is 12.8. The number of benzene rings is 1. The number of hydrogen-bond acceptors (Lipinski definition) is 5. The molecular formula is C19H28N2O4. The van der Waals surface area contributed by atoms with Crippen molar-refractivity contribution < 1.29 is 19.0 Å². The Morgan fingerprint density at radius 2 is 1.72 bits per heavy atom. The van der Waals surface area contributed by atoms with Gasteiger partial charge in [0.25, 0.3) is 0 Å². The molecule has 1 amide bonds. The lowest BCUT2D eigenvalue weighted by atomic mass is 9.98. The van der Waals surface area contributed by atoms with Crippen LogP contribution in [0.15, 0.2) is 12.1 Å². The van der Waals surface area contributed by atoms with Crippen LogP contribution in [0.3, 0.4) is 0 Å². The maximum atomic E-state index is 12.8. The highest BCUT2D eigenvalue weighted by Gasteiger charge is 2.30. The van der Waals surface area contributed by atoms with E-state index in [4.69, 9.17) is 14.2 Å². The van der Waals surface area contributed by atoms with Gasteiger partial charge in [0.2, 0.25) is 5.91 Å². The highest BCUT2D eigenvalue weighted by molar-refractivity contribution is 5.78. The zero-order chi connectivity index (χ0) is 18.0. The van der Waals surface area contributed by atoms with Crippen LogP contribution in [0.25, 0.3) is 0 Å². The average molecular weight is 348 g/mol. The number of nitrogens with zero attached hydrogens (tertiary/aromatic N) is 2. The Kier molecular flexibility index (Phi) is 5.49. The smallest absolute Gasteiger partial charge is 0.237 e. The Labute approximate surface area is 149 Å². The molecule has 0 radical (unpaired) electrons. The summed E-state index contributed by atoms with van der Waals surface area (Å²) in [5.74, 6) is 1.64. The number of morpholine rings is 1. The van der Waals surface area contributed by atoms with E-state index in [0.29, 0.717) is 32.1 Å². The zero-order valence-electron chi connectivity index (χ0n) is 15.6. The van der Waals surface area contributed by atoms with Gasteiger partial charge in [-0.1, -0.05) is 0 Å². The third kappa shape index (κ3) is 3.75. The molecule has 3 rings (SSSR count). The number of carbonyl (C=O) groups excluding carboxylic acids is 1. The number of methoxy groups -OCH3 is 2. The second-order valence-electron chi connectivity index (χ2n) is 6.95. The molecule has 0 aliphatic carbocycles. The van der Waals surface area contributed by atoms with Crippen molar-refractivity contribution >= 4 is 5.91 Å². The molecule has 1 saturated heterocycles. The standard InChI is InChI=1S/C19H28N2O4/c1-13-11-25-12-14(2)21(13)10-19(22)20-6-5-15-7-17(23-3)18(24-4)8-16(15)9-20/h7-8,13-14H,5-6,9-12H2,1-4H3/t13-,14+. The molecule has 0 N–H and O–H groups in total. The van der Waals surface area contributed by atoms with Crippen LogP contribution < -0.4 is 9.47 Å². The molecule has 2 atom stereocenters. The Morgan fingerprint density at radius 3 is 2.32 bits per heavy atom. The summed E-state index contributed by atoms with van der Waals surface area (Å²) in [4.78, 5) is 17.0. The van der Waals surface area contributed by atoms with Crippen LogP contribution in [-0.4, -0.2) is 68.3 Å². The first-order valence-corrected chi connectivity index (χ1v) is 8.88. The largest absolute Gasteiger partial charge is 0.493 e. The Balaban J connectivity index is 1.70. The normalized spacial score (nSPS) is 23.9. The maximum Gasteiger partial charge on any atom is 0.237 e. The van der Waals surface area contributed by atoms with Crippen molar-refractivity contribution in [3.05, 3.63) is 23.3 Å². The molecule has 25 heavy (non-hydrogen) atoms. The molecule has 6 heteroatoms. The summed E-state index contributed by atoms with van der Waals surface area (Å²) in [6, 6.07) is 4.57. The fourth-order valence-electron chi connectivity index (χ4n) is 3.70. The summed E-state index contributed by atoms with van der Waals surface area (Å²) in [7, 11) is 3.28. The minimum absolute atomic E-state index is 0.182. The third-order valence-corrected chi connectivity index (χ3v) is 5.24. The van der Waals surface area contributed by atoms with Gasteiger partial charge in [-0.05, 0) is 43.5 Å². The number of hydrogen-bond donors (Lipinski definition) is 0. The summed E-state index contributed by atoms with van der Waals surface area (Å²) in [5.41, 5.74) is 2.37. The van der Waals surface area contributed by atoms with E-state index in [1.807, 2.05) is 17.0 Å². The van der Waals surface area contributed by atoms with E-state index in [-0.39, 0.29) is 18.0 Å². The first kappa shape index (κ1) is 18.0. The molecular weight excluding hydrogens is 320 g/mol. The minimum Gasteiger partial charge on any atom is -0.493 e. The van der Waals surface area contributed by atoms with Gasteiger partial charge in [0.05, 0.1) is 34.0 Å². The molecule has 138 valence electrons. The monoisotopic (exact) mass is 348 g/mol. The molecule has 1 aromatic carbocycles. The average Bonchev–Trinajstić information content (AvgIpc) is 2.62. The molecule has 0 saturated carbocycles. The number of amides is 1. The summed E-state index contributed by atoms with van der Waals surface area (Å²) in [6.07, 6.45) is 0.843. The SMILES string of the molecule is COc1cc2c(cc1OC)CN(C(=O)CN1[C@H](C)COC[C@@H]1C)CC2. The Bertz CT molecular complexity index is 624. The summed E-state index contributed by atoms with van der Waals surface area (Å²) in [5, 5.41) is 0. The summed E-state index contributed by atoms with van der Waals surface area (Å²) >= 11 is 0. The molecule has 2 aliphatic heterocycles. The van der Waals surface area contributed by atoms with Crippen LogP contribution in [0, 0.1) is 0 Å². The van der Waals surface area contributed by atoms with Crippen molar-refractivity contribution in [3.63, 3.8) is 0 Å². The van der Waals surface area contributed by atoms with Crippen molar-refractivity contribution in [1.29, 1.82) is 0 Å². The lowest BCUT2D eigenvalue weighted by molar-refractivity contribution is -0.137. The molecule has 0 bridgehead atoms. The van der Waals surface area contributed by atoms with Gasteiger partial charge in [-0.2, -0.15) is 0 Å². The van der Waals surface area contributed by atoms with Gasteiger partial charge < -0.3 is 19.1 Å². The number of fused-ring (bicyclic) bond motifs is 1. The zero-order valence-corrected chi connectivity index (χ0v) is 15.6. The van der Waals surface area contributed by atoms with E-state index >= 15 is 0 Å². The van der Waals surface area contributed by atoms with E-state index in [9.17, 15) is 4.79 Å². The van der Waals surface area contributed by atoms with E-state index in [2.05, 4.69) is 18.7 Å². The first-order valence-electron chi connectivity index (χ1n) is 8.88. The van der Waals surface area contributed by atoms with E-state index in [1.54, 1.807) is 14.2 Å². The Hall–Kier alpha value is -1.79. The first-order chi connectivity index (χ1) is 12.0. The van der Waals surface area contributed by atoms with Crippen molar-refractivity contribution in [3.8, 4) is 11.5 Å². The van der Waals surface area contributed by atoms with Gasteiger partial charge in [0.1, 0.15) is 0 Å². The summed E-state index contributed by atoms with van der Waals surface area (Å²) in [6.45, 7) is 7.44. The highest BCUT2D eigenvalue weighted by atomic mass is 16.5. The predicted octanol–water partition coefficient (Wildman–Crippen LogP) is 1.70. The fraction of sp³-hybridized carbons (Fsp3) is 0.632. The van der Waals surface area contributed by atoms with E-state index in [1.165, 1.54) is 5.56 Å². The van der Waals surface area contributed by atoms with Crippen molar-refractivity contribution in [1.82, 2.24) is 9.80 Å². The van der Waals surface area contributed by atoms with Crippen molar-refractivity contribution in [2.75, 3.05) is 40.5 Å². The summed E-state index contributed by atoms with van der Waals surface area (Å²) < 4.78 is 16.3. The minimum atomic E-state index is 0.182. The number of rotatable bonds is 4. The predicted molar refractivity (Wildman–Crippen MR) is 95.1 cm³/mol. The molecule has 6 nitrogen and oxygen atoms in total. The molecule has 2 aliphatic rings. The second-order valence-corrected chi connectivity index (χ2v) is 6.95. The fourth-order valence-corrected chi connectivity index (χ4v) is 3.70. The molecule has 0 unspecified atom stereocenters. The van der Waals surface area contributed by atoms with Crippen molar-refractivity contribution in [2.45, 2.75) is 38.9 Å². The van der Waals surface area contributed by atoms with E-state index < -0.39 is 0 Å². The Morgan fingerprint density at radius 1 is 1.12 bits per heavy atom. The second kappa shape index (κ2) is 7.62. The topological polar surface area (TPSA) is 51.2 Å². The van der Waals surface area contributed by atoms with E-state index in [0.717, 1.165) is 24.3 Å². The van der Waals surface area contributed by atoms with Crippen LogP contribution in [-0.2, 0) is 22.5 Å². The van der Waals surface area contributed by atoms with Gasteiger partial charge in [0.15, 0.2) is 11.5 Å². The van der Waals surface area contributed by atoms with Crippen LogP contribution in [0.4, 0.5) is 0 Å². The van der Waals surface area contributed by atoms with Crippen molar-refractivity contribution in [2.24, 2.45) is 0 Å². The molecule has 1 aromatic rings. The van der Waals surface area contributed by atoms with Gasteiger partial charge in [-0.15, -0.1) is 0 Å². The van der Waals surface area contributed by atoms with Gasteiger partial charge in [-0.25, -0.2) is 0 Å². The molecule has 1 fully saturated rings. The number of ether oxygens (including phenoxy) is 3. The number of carbonyl (C=O) groups is 1. The lowest BCUT2D eigenvalue weighted by Crippen LogP contribution is -2.53. The van der Waals surface area contributed by atoms with Gasteiger partial charge >= 0.3 is 0 Å². The molecule has 0 aromatic heterocycles. The highest BCUT2D eigenvalue weighted by Crippen LogP contribution is 2.33. The lowest BCUT2D eigenvalue weighted by Gasteiger charge is -2.39. The van der Waals surface area contributed by atoms with Crippen LogP contribution in [0.1, 0.15) is 25.0 Å². The third-order valence-electron chi connectivity index (χ3n) is 5.24. The van der Waals surface area contributed by atoms with Gasteiger partial charge in [0, 0.05) is 25.2 Å². The van der Waals surface area contributed by atoms with Crippen LogP contribution >= 0.6 is 0 Å². The van der Waals surface area contributed by atoms with Crippen LogP contribution in [0.2, 0.25) is 0 Å². The molecule has 2 heterocycles. The van der Waals surface area contributed by atoms with Crippen LogP contribution in [0.5, 0.6) is 11.5 Å². The van der Waals surface area contributed by atoms with Gasteiger partial charge in [-0.3, -0.25) is 9.69 Å². The molecule has 0 spiro atoms.